The smallest absolute Gasteiger partial charge is 0.140 e. The minimum Gasteiger partial charge on any atom is -0.487 e. The zero-order valence-electron chi connectivity index (χ0n) is 7.82. The van der Waals surface area contributed by atoms with Gasteiger partial charge >= 0.3 is 0 Å². The standard InChI is InChI=1S/C10H11Cl2O/c1-10(2,3)13-9-6-7(11)4-5-8(9)12/h4,6H,1-3H3. The van der Waals surface area contributed by atoms with Gasteiger partial charge in [0.1, 0.15) is 11.4 Å². The second-order valence-corrected chi connectivity index (χ2v) is 4.52. The second kappa shape index (κ2) is 3.77. The van der Waals surface area contributed by atoms with Gasteiger partial charge in [0, 0.05) is 17.2 Å². The van der Waals surface area contributed by atoms with Gasteiger partial charge in [-0.1, -0.05) is 23.2 Å². The molecule has 1 nitrogen and oxygen atoms in total. The van der Waals surface area contributed by atoms with Crippen LogP contribution in [0.1, 0.15) is 20.8 Å². The molecule has 0 saturated heterocycles. The van der Waals surface area contributed by atoms with Gasteiger partial charge in [0.05, 0.1) is 5.02 Å². The molecule has 0 saturated carbocycles. The number of hydrogen-bond acceptors (Lipinski definition) is 1. The first kappa shape index (κ1) is 10.7. The van der Waals surface area contributed by atoms with Crippen molar-refractivity contribution >= 4 is 23.2 Å². The Balaban J connectivity index is 2.94. The van der Waals surface area contributed by atoms with Crippen LogP contribution >= 0.6 is 23.2 Å². The summed E-state index contributed by atoms with van der Waals surface area (Å²) in [5.41, 5.74) is -0.276. The molecule has 0 aliphatic rings. The lowest BCUT2D eigenvalue weighted by molar-refractivity contribution is 0.131. The summed E-state index contributed by atoms with van der Waals surface area (Å²) < 4.78 is 5.57. The third-order valence-corrected chi connectivity index (χ3v) is 1.75. The Morgan fingerprint density at radius 3 is 2.46 bits per heavy atom. The molecule has 0 bridgehead atoms. The largest absolute Gasteiger partial charge is 0.487 e. The van der Waals surface area contributed by atoms with Crippen molar-refractivity contribution in [3.8, 4) is 5.75 Å². The number of hydrogen-bond donors (Lipinski definition) is 0. The summed E-state index contributed by atoms with van der Waals surface area (Å²) in [6.45, 7) is 5.85. The van der Waals surface area contributed by atoms with Gasteiger partial charge in [-0.05, 0) is 26.8 Å². The number of benzene rings is 1. The topological polar surface area (TPSA) is 9.23 Å². The molecular weight excluding hydrogens is 207 g/mol. The van der Waals surface area contributed by atoms with Crippen LogP contribution in [0.25, 0.3) is 0 Å². The molecule has 0 aromatic heterocycles. The zero-order chi connectivity index (χ0) is 10.1. The third kappa shape index (κ3) is 3.45. The lowest BCUT2D eigenvalue weighted by Gasteiger charge is -2.21. The van der Waals surface area contributed by atoms with Crippen LogP contribution in [0.3, 0.4) is 0 Å². The van der Waals surface area contributed by atoms with Crippen molar-refractivity contribution in [2.75, 3.05) is 0 Å². The van der Waals surface area contributed by atoms with Crippen molar-refractivity contribution < 1.29 is 4.74 Å². The van der Waals surface area contributed by atoms with Gasteiger partial charge < -0.3 is 4.74 Å². The second-order valence-electron chi connectivity index (χ2n) is 3.71. The summed E-state index contributed by atoms with van der Waals surface area (Å²) in [6, 6.07) is 6.10. The maximum atomic E-state index is 5.86. The molecule has 0 fully saturated rings. The van der Waals surface area contributed by atoms with Gasteiger partial charge in [-0.3, -0.25) is 0 Å². The highest BCUT2D eigenvalue weighted by Crippen LogP contribution is 2.29. The molecule has 1 aromatic rings. The van der Waals surface area contributed by atoms with E-state index in [1.165, 1.54) is 0 Å². The predicted molar refractivity (Wildman–Crippen MR) is 55.7 cm³/mol. The zero-order valence-corrected chi connectivity index (χ0v) is 9.33. The Hall–Kier alpha value is -0.400. The van der Waals surface area contributed by atoms with Crippen LogP contribution in [0.15, 0.2) is 12.1 Å². The lowest BCUT2D eigenvalue weighted by Crippen LogP contribution is -2.23. The molecule has 0 aliphatic heterocycles. The summed E-state index contributed by atoms with van der Waals surface area (Å²) in [4.78, 5) is 0. The minimum absolute atomic E-state index is 0.276. The minimum atomic E-state index is -0.276. The van der Waals surface area contributed by atoms with Gasteiger partial charge in [0.25, 0.3) is 0 Å². The maximum Gasteiger partial charge on any atom is 0.140 e. The first-order chi connectivity index (χ1) is 5.88. The molecule has 0 heterocycles. The third-order valence-electron chi connectivity index (χ3n) is 1.24. The molecule has 0 N–H and O–H groups in total. The van der Waals surface area contributed by atoms with E-state index < -0.39 is 0 Å². The molecule has 0 aliphatic carbocycles. The molecule has 0 amide bonds. The number of halogens is 2. The molecule has 1 aromatic carbocycles. The fourth-order valence-electron chi connectivity index (χ4n) is 0.838. The molecular formula is C10H11Cl2O. The number of rotatable bonds is 1. The Kier molecular flexibility index (Phi) is 3.09. The normalized spacial score (nSPS) is 11.5. The fourth-order valence-corrected chi connectivity index (χ4v) is 1.14. The van der Waals surface area contributed by atoms with Crippen LogP contribution in [0.5, 0.6) is 5.75 Å². The molecule has 1 rings (SSSR count). The fraction of sp³-hybridized carbons (Fsp3) is 0.400. The molecule has 0 spiro atoms. The van der Waals surface area contributed by atoms with Crippen molar-refractivity contribution in [1.82, 2.24) is 0 Å². The van der Waals surface area contributed by atoms with Crippen LogP contribution in [-0.2, 0) is 0 Å². The molecule has 13 heavy (non-hydrogen) atoms. The van der Waals surface area contributed by atoms with E-state index in [2.05, 4.69) is 6.07 Å². The predicted octanol–water partition coefficient (Wildman–Crippen LogP) is 3.97. The summed E-state index contributed by atoms with van der Waals surface area (Å²) in [5.74, 6) is 0.571. The van der Waals surface area contributed by atoms with Crippen LogP contribution < -0.4 is 4.74 Å². The van der Waals surface area contributed by atoms with Crippen LogP contribution in [0.2, 0.25) is 10.0 Å². The molecule has 0 unspecified atom stereocenters. The highest BCUT2D eigenvalue weighted by Gasteiger charge is 2.14. The van der Waals surface area contributed by atoms with Crippen molar-refractivity contribution in [3.63, 3.8) is 0 Å². The number of ether oxygens (including phenoxy) is 1. The van der Waals surface area contributed by atoms with E-state index in [1.54, 1.807) is 12.1 Å². The molecule has 3 heteroatoms. The van der Waals surface area contributed by atoms with E-state index in [-0.39, 0.29) is 5.60 Å². The first-order valence-corrected chi connectivity index (χ1v) is 4.70. The van der Waals surface area contributed by atoms with E-state index in [0.29, 0.717) is 15.8 Å². The van der Waals surface area contributed by atoms with E-state index in [1.807, 2.05) is 20.8 Å². The van der Waals surface area contributed by atoms with Gasteiger partial charge in [-0.15, -0.1) is 0 Å². The van der Waals surface area contributed by atoms with Crippen molar-refractivity contribution in [3.05, 3.63) is 28.2 Å². The van der Waals surface area contributed by atoms with Gasteiger partial charge in [0.2, 0.25) is 0 Å². The highest BCUT2D eigenvalue weighted by molar-refractivity contribution is 6.34. The van der Waals surface area contributed by atoms with E-state index in [4.69, 9.17) is 27.9 Å². The average Bonchev–Trinajstić information content (AvgIpc) is 1.94. The molecule has 71 valence electrons. The van der Waals surface area contributed by atoms with Gasteiger partial charge in [0.15, 0.2) is 0 Å². The Labute approximate surface area is 88.6 Å². The molecule has 0 atom stereocenters. The molecule has 1 radical (unpaired) electrons. The summed E-state index contributed by atoms with van der Waals surface area (Å²) in [5, 5.41) is 1.03. The summed E-state index contributed by atoms with van der Waals surface area (Å²) in [6.07, 6.45) is 0. The Morgan fingerprint density at radius 2 is 1.92 bits per heavy atom. The van der Waals surface area contributed by atoms with Gasteiger partial charge in [-0.25, -0.2) is 0 Å². The Bertz CT molecular complexity index is 302. The van der Waals surface area contributed by atoms with Crippen LogP contribution in [0.4, 0.5) is 0 Å². The summed E-state index contributed by atoms with van der Waals surface area (Å²) >= 11 is 11.6. The van der Waals surface area contributed by atoms with E-state index in [9.17, 15) is 0 Å². The quantitative estimate of drug-likeness (QED) is 0.692. The SMILES string of the molecule is CC(C)(C)Oc1cc(Cl)c[c]c1Cl. The van der Waals surface area contributed by atoms with Gasteiger partial charge in [-0.2, -0.15) is 0 Å². The van der Waals surface area contributed by atoms with E-state index in [0.717, 1.165) is 0 Å². The Morgan fingerprint density at radius 1 is 1.31 bits per heavy atom. The average molecular weight is 218 g/mol. The van der Waals surface area contributed by atoms with Crippen LogP contribution in [0, 0.1) is 6.07 Å². The van der Waals surface area contributed by atoms with Crippen molar-refractivity contribution in [2.24, 2.45) is 0 Å². The highest BCUT2D eigenvalue weighted by atomic mass is 35.5. The monoisotopic (exact) mass is 217 g/mol. The van der Waals surface area contributed by atoms with Crippen molar-refractivity contribution in [2.45, 2.75) is 26.4 Å². The lowest BCUT2D eigenvalue weighted by atomic mass is 10.2. The summed E-state index contributed by atoms with van der Waals surface area (Å²) in [7, 11) is 0. The van der Waals surface area contributed by atoms with Crippen molar-refractivity contribution in [1.29, 1.82) is 0 Å². The first-order valence-electron chi connectivity index (χ1n) is 3.94. The van der Waals surface area contributed by atoms with E-state index >= 15 is 0 Å². The maximum absolute atomic E-state index is 5.86. The van der Waals surface area contributed by atoms with Crippen LogP contribution in [-0.4, -0.2) is 5.60 Å².